The number of nitrogens with two attached hydrogens (primary N) is 1. The Morgan fingerprint density at radius 1 is 1.27 bits per heavy atom. The fourth-order valence-corrected chi connectivity index (χ4v) is 3.63. The molecule has 0 bridgehead atoms. The number of carbonyl (C=O) groups excluding carboxylic acids is 2. The summed E-state index contributed by atoms with van der Waals surface area (Å²) in [5, 5.41) is 2.73. The minimum atomic E-state index is -0.525. The van der Waals surface area contributed by atoms with E-state index in [0.29, 0.717) is 44.6 Å². The van der Waals surface area contributed by atoms with E-state index < -0.39 is 11.9 Å². The fraction of sp³-hybridized carbons (Fsp3) is 0.556. The van der Waals surface area contributed by atoms with Gasteiger partial charge < -0.3 is 20.7 Å². The predicted molar refractivity (Wildman–Crippen MR) is 96.3 cm³/mol. The summed E-state index contributed by atoms with van der Waals surface area (Å²) in [5.74, 6) is -0.864. The van der Waals surface area contributed by atoms with Crippen LogP contribution in [0.2, 0.25) is 5.02 Å². The SMILES string of the molecule is NC[C@H]1CC[C@@H](C(=O)N2CCC(C(=O)Nc3ccc(F)c(Cl)c3)CC2)O1. The molecule has 3 rings (SSSR count). The third-order valence-electron chi connectivity index (χ3n) is 5.01. The van der Waals surface area contributed by atoms with E-state index in [4.69, 9.17) is 22.1 Å². The van der Waals surface area contributed by atoms with Crippen LogP contribution in [0.4, 0.5) is 10.1 Å². The second-order valence-electron chi connectivity index (χ2n) is 6.78. The first-order valence-corrected chi connectivity index (χ1v) is 9.26. The van der Waals surface area contributed by atoms with Crippen molar-refractivity contribution in [1.82, 2.24) is 4.90 Å². The van der Waals surface area contributed by atoms with Gasteiger partial charge in [-0.1, -0.05) is 11.6 Å². The van der Waals surface area contributed by atoms with Crippen molar-refractivity contribution < 1.29 is 18.7 Å². The van der Waals surface area contributed by atoms with Crippen LogP contribution in [0, 0.1) is 11.7 Å². The summed E-state index contributed by atoms with van der Waals surface area (Å²) in [7, 11) is 0. The van der Waals surface area contributed by atoms with Crippen LogP contribution in [0.15, 0.2) is 18.2 Å². The van der Waals surface area contributed by atoms with Gasteiger partial charge in [-0.25, -0.2) is 4.39 Å². The number of nitrogens with one attached hydrogen (secondary N) is 1. The molecule has 8 heteroatoms. The molecule has 142 valence electrons. The van der Waals surface area contributed by atoms with Crippen molar-refractivity contribution >= 4 is 29.1 Å². The minimum absolute atomic E-state index is 0.00914. The van der Waals surface area contributed by atoms with Crippen molar-refractivity contribution in [2.24, 2.45) is 11.7 Å². The Bertz CT molecular complexity index is 680. The van der Waals surface area contributed by atoms with E-state index in [2.05, 4.69) is 5.32 Å². The number of rotatable bonds is 4. The number of amides is 2. The number of ether oxygens (including phenoxy) is 1. The monoisotopic (exact) mass is 383 g/mol. The Balaban J connectivity index is 1.49. The second kappa shape index (κ2) is 8.33. The van der Waals surface area contributed by atoms with Gasteiger partial charge in [0.25, 0.3) is 5.91 Å². The Morgan fingerprint density at radius 3 is 2.62 bits per heavy atom. The summed E-state index contributed by atoms with van der Waals surface area (Å²) in [6.45, 7) is 1.47. The topological polar surface area (TPSA) is 84.7 Å². The van der Waals surface area contributed by atoms with E-state index in [1.54, 1.807) is 4.90 Å². The predicted octanol–water partition coefficient (Wildman–Crippen LogP) is 2.16. The lowest BCUT2D eigenvalue weighted by Crippen LogP contribution is -2.45. The zero-order valence-corrected chi connectivity index (χ0v) is 15.2. The maximum Gasteiger partial charge on any atom is 0.251 e. The molecule has 2 aliphatic rings. The Kier molecular flexibility index (Phi) is 6.11. The molecule has 2 atom stereocenters. The molecule has 2 amide bonds. The Morgan fingerprint density at radius 2 is 2.00 bits per heavy atom. The quantitative estimate of drug-likeness (QED) is 0.834. The Hall–Kier alpha value is -1.70. The van der Waals surface area contributed by atoms with Gasteiger partial charge in [0.1, 0.15) is 11.9 Å². The first kappa shape index (κ1) is 19.1. The van der Waals surface area contributed by atoms with Gasteiger partial charge in [0.15, 0.2) is 0 Å². The summed E-state index contributed by atoms with van der Waals surface area (Å²) < 4.78 is 18.8. The molecule has 0 unspecified atom stereocenters. The van der Waals surface area contributed by atoms with Crippen LogP contribution < -0.4 is 11.1 Å². The van der Waals surface area contributed by atoms with Gasteiger partial charge in [-0.3, -0.25) is 9.59 Å². The lowest BCUT2D eigenvalue weighted by Gasteiger charge is -2.32. The van der Waals surface area contributed by atoms with Crippen LogP contribution in [0.1, 0.15) is 25.7 Å². The van der Waals surface area contributed by atoms with Gasteiger partial charge in [-0.2, -0.15) is 0 Å². The van der Waals surface area contributed by atoms with Crippen molar-refractivity contribution in [3.8, 4) is 0 Å². The van der Waals surface area contributed by atoms with E-state index in [1.165, 1.54) is 18.2 Å². The van der Waals surface area contributed by atoms with Crippen molar-refractivity contribution in [2.45, 2.75) is 37.9 Å². The van der Waals surface area contributed by atoms with Crippen LogP contribution in [0.25, 0.3) is 0 Å². The summed E-state index contributed by atoms with van der Waals surface area (Å²) in [6.07, 6.45) is 2.24. The van der Waals surface area contributed by atoms with E-state index in [0.717, 1.165) is 6.42 Å². The lowest BCUT2D eigenvalue weighted by atomic mass is 9.95. The smallest absolute Gasteiger partial charge is 0.251 e. The van der Waals surface area contributed by atoms with Crippen LogP contribution in [-0.4, -0.2) is 48.6 Å². The number of piperidine rings is 1. The fourth-order valence-electron chi connectivity index (χ4n) is 3.44. The highest BCUT2D eigenvalue weighted by atomic mass is 35.5. The standard InChI is InChI=1S/C18H23ClFN3O3/c19-14-9-12(1-3-15(14)20)22-17(24)11-5-7-23(8-6-11)18(25)16-4-2-13(10-21)26-16/h1,3,9,11,13,16H,2,4-8,10,21H2,(H,22,24)/t13-,16+/m1/s1. The molecule has 2 heterocycles. The molecular formula is C18H23ClFN3O3. The summed E-state index contributed by atoms with van der Waals surface area (Å²) >= 11 is 5.73. The molecule has 0 spiro atoms. The molecule has 1 aromatic carbocycles. The third-order valence-corrected chi connectivity index (χ3v) is 5.30. The molecule has 0 radical (unpaired) electrons. The average molecular weight is 384 g/mol. The number of hydrogen-bond acceptors (Lipinski definition) is 4. The van der Waals surface area contributed by atoms with E-state index in [-0.39, 0.29) is 28.9 Å². The van der Waals surface area contributed by atoms with Gasteiger partial charge in [0, 0.05) is 31.2 Å². The highest BCUT2D eigenvalue weighted by molar-refractivity contribution is 6.31. The first-order chi connectivity index (χ1) is 12.5. The number of likely N-dealkylation sites (tertiary alicyclic amines) is 1. The number of anilines is 1. The molecule has 0 aliphatic carbocycles. The molecule has 0 saturated carbocycles. The molecule has 2 aliphatic heterocycles. The summed E-state index contributed by atoms with van der Waals surface area (Å²) in [4.78, 5) is 26.7. The number of benzene rings is 1. The largest absolute Gasteiger partial charge is 0.364 e. The maximum absolute atomic E-state index is 13.2. The van der Waals surface area contributed by atoms with Gasteiger partial charge in [0.05, 0.1) is 11.1 Å². The molecular weight excluding hydrogens is 361 g/mol. The zero-order valence-electron chi connectivity index (χ0n) is 14.4. The van der Waals surface area contributed by atoms with Gasteiger partial charge in [0.2, 0.25) is 5.91 Å². The first-order valence-electron chi connectivity index (χ1n) is 8.88. The number of nitrogens with zero attached hydrogens (tertiary/aromatic N) is 1. The molecule has 1 aromatic rings. The number of carbonyl (C=O) groups is 2. The molecule has 26 heavy (non-hydrogen) atoms. The van der Waals surface area contributed by atoms with E-state index in [9.17, 15) is 14.0 Å². The highest BCUT2D eigenvalue weighted by Crippen LogP contribution is 2.25. The summed E-state index contributed by atoms with van der Waals surface area (Å²) in [6, 6.07) is 4.08. The average Bonchev–Trinajstić information content (AvgIpc) is 3.13. The highest BCUT2D eigenvalue weighted by Gasteiger charge is 2.35. The molecule has 3 N–H and O–H groups in total. The molecule has 2 saturated heterocycles. The molecule has 6 nitrogen and oxygen atoms in total. The van der Waals surface area contributed by atoms with Crippen molar-refractivity contribution in [1.29, 1.82) is 0 Å². The maximum atomic E-state index is 13.2. The second-order valence-corrected chi connectivity index (χ2v) is 7.18. The van der Waals surface area contributed by atoms with E-state index in [1.807, 2.05) is 0 Å². The van der Waals surface area contributed by atoms with Crippen LogP contribution in [0.3, 0.4) is 0 Å². The summed E-state index contributed by atoms with van der Waals surface area (Å²) in [5.41, 5.74) is 6.05. The number of hydrogen-bond donors (Lipinski definition) is 2. The zero-order chi connectivity index (χ0) is 18.7. The van der Waals surface area contributed by atoms with Gasteiger partial charge in [-0.05, 0) is 43.9 Å². The lowest BCUT2D eigenvalue weighted by molar-refractivity contribution is -0.145. The van der Waals surface area contributed by atoms with Crippen molar-refractivity contribution in [3.05, 3.63) is 29.0 Å². The minimum Gasteiger partial charge on any atom is -0.364 e. The van der Waals surface area contributed by atoms with Crippen molar-refractivity contribution in [2.75, 3.05) is 25.0 Å². The molecule has 2 fully saturated rings. The van der Waals surface area contributed by atoms with Gasteiger partial charge >= 0.3 is 0 Å². The van der Waals surface area contributed by atoms with Crippen LogP contribution in [0.5, 0.6) is 0 Å². The normalized spacial score (nSPS) is 23.9. The Labute approximate surface area is 156 Å². The van der Waals surface area contributed by atoms with Crippen LogP contribution in [-0.2, 0) is 14.3 Å². The van der Waals surface area contributed by atoms with Crippen molar-refractivity contribution in [3.63, 3.8) is 0 Å². The van der Waals surface area contributed by atoms with Crippen LogP contribution >= 0.6 is 11.6 Å². The third kappa shape index (κ3) is 4.34. The van der Waals surface area contributed by atoms with Gasteiger partial charge in [-0.15, -0.1) is 0 Å². The van der Waals surface area contributed by atoms with E-state index >= 15 is 0 Å². The molecule has 0 aromatic heterocycles. The number of halogens is 2.